The number of allylic oxidation sites excluding steroid dienone is 6. The van der Waals surface area contributed by atoms with Gasteiger partial charge in [-0.2, -0.15) is 0 Å². The SMILES string of the molecule is COc1cc(/C=C2/C(C)=C(CC(=O)NCc3cncs3)c3cc(F)ccc32)cc(OC(F)(F)F)c1O.COc1cc(/C=C2/C(C)=C(CC(=O)NCc3ncco3)c3cc(F)ccc32)cc(OC(F)(F)F)c1O.COc1cc(/C=C2/C(C)=C(CC(=O)NCc3nccs3)c3cc(F)ccc32)cc(OC(F)(F)F)c1O. The molecular weight excluding hydrogens is 1480 g/mol. The number of halogens is 12. The minimum atomic E-state index is -5.03. The lowest BCUT2D eigenvalue weighted by molar-refractivity contribution is -0.276. The van der Waals surface area contributed by atoms with E-state index >= 15 is 0 Å². The number of aromatic hydroxyl groups is 3. The molecule has 0 saturated carbocycles. The number of carbonyl (C=O) groups is 3. The van der Waals surface area contributed by atoms with Crippen molar-refractivity contribution in [2.45, 2.75) is 78.8 Å². The zero-order valence-electron chi connectivity index (χ0n) is 57.2. The number of aromatic nitrogens is 3. The lowest BCUT2D eigenvalue weighted by Crippen LogP contribution is -2.22. The molecule has 0 saturated heterocycles. The van der Waals surface area contributed by atoms with E-state index in [1.807, 2.05) is 0 Å². The van der Waals surface area contributed by atoms with Crippen LogP contribution in [0.3, 0.4) is 0 Å². The van der Waals surface area contributed by atoms with E-state index in [1.54, 1.807) is 74.4 Å². The number of nitrogens with zero attached hydrogens (tertiary/aromatic N) is 3. The number of fused-ring (bicyclic) bond motifs is 3. The number of methoxy groups -OCH3 is 3. The second-order valence-corrected chi connectivity index (χ2v) is 25.5. The quantitative estimate of drug-likeness (QED) is 0.0366. The smallest absolute Gasteiger partial charge is 0.502 e. The van der Waals surface area contributed by atoms with Crippen LogP contribution in [0.2, 0.25) is 0 Å². The Bertz CT molecular complexity index is 4590. The van der Waals surface area contributed by atoms with Gasteiger partial charge in [-0.25, -0.2) is 23.1 Å². The predicted molar refractivity (Wildman–Crippen MR) is 375 cm³/mol. The van der Waals surface area contributed by atoms with Crippen LogP contribution < -0.4 is 44.4 Å². The molecule has 3 aliphatic carbocycles. The fraction of sp³-hybridized carbons (Fsp3) is 0.200. The number of rotatable bonds is 21. The highest BCUT2D eigenvalue weighted by molar-refractivity contribution is 7.09. The summed E-state index contributed by atoms with van der Waals surface area (Å²) in [6.07, 6.45) is -4.43. The first-order chi connectivity index (χ1) is 51.2. The second-order valence-electron chi connectivity index (χ2n) is 23.6. The third-order valence-electron chi connectivity index (χ3n) is 16.6. The van der Waals surface area contributed by atoms with Gasteiger partial charge in [0.05, 0.1) is 71.9 Å². The molecule has 6 aromatic carbocycles. The summed E-state index contributed by atoms with van der Waals surface area (Å²) in [5.41, 5.74) is 11.1. The Morgan fingerprint density at radius 1 is 0.472 bits per heavy atom. The van der Waals surface area contributed by atoms with E-state index in [4.69, 9.17) is 18.6 Å². The molecule has 0 aliphatic heterocycles. The van der Waals surface area contributed by atoms with Crippen molar-refractivity contribution in [3.63, 3.8) is 0 Å². The van der Waals surface area contributed by atoms with Crippen molar-refractivity contribution in [3.8, 4) is 51.7 Å². The molecule has 3 aliphatic rings. The number of phenols is 3. The fourth-order valence-electron chi connectivity index (χ4n) is 11.8. The van der Waals surface area contributed by atoms with Crippen LogP contribution in [0.5, 0.6) is 51.7 Å². The Morgan fingerprint density at radius 2 is 0.833 bits per heavy atom. The number of benzene rings is 6. The number of nitrogens with one attached hydrogen (secondary N) is 3. The predicted octanol–water partition coefficient (Wildman–Crippen LogP) is 17.3. The minimum Gasteiger partial charge on any atom is -0.502 e. The topological polar surface area (TPSA) is 255 Å². The van der Waals surface area contributed by atoms with E-state index in [0.29, 0.717) is 96.0 Å². The van der Waals surface area contributed by atoms with E-state index in [1.165, 1.54) is 117 Å². The summed E-state index contributed by atoms with van der Waals surface area (Å²) < 4.78 is 190. The lowest BCUT2D eigenvalue weighted by Gasteiger charge is -2.14. The highest BCUT2D eigenvalue weighted by Crippen LogP contribution is 2.50. The Hall–Kier alpha value is -12.0. The molecule has 3 aromatic heterocycles. The molecule has 0 radical (unpaired) electrons. The molecule has 564 valence electrons. The number of oxazole rings is 1. The zero-order chi connectivity index (χ0) is 78.1. The van der Waals surface area contributed by atoms with Gasteiger partial charge in [-0.3, -0.25) is 19.4 Å². The van der Waals surface area contributed by atoms with Gasteiger partial charge in [-0.15, -0.1) is 62.2 Å². The third-order valence-corrected chi connectivity index (χ3v) is 18.2. The summed E-state index contributed by atoms with van der Waals surface area (Å²) in [5, 5.41) is 41.0. The lowest BCUT2D eigenvalue weighted by atomic mass is 10.00. The highest BCUT2D eigenvalue weighted by atomic mass is 32.1. The van der Waals surface area contributed by atoms with Crippen molar-refractivity contribution in [3.05, 3.63) is 227 Å². The number of hydrogen-bond donors (Lipinski definition) is 6. The summed E-state index contributed by atoms with van der Waals surface area (Å²) in [6.45, 7) is 5.87. The molecule has 33 heteroatoms. The van der Waals surface area contributed by atoms with Gasteiger partial charge in [0.2, 0.25) is 40.9 Å². The number of amides is 3. The molecule has 0 bridgehead atoms. The van der Waals surface area contributed by atoms with Gasteiger partial charge in [-0.1, -0.05) is 18.2 Å². The first kappa shape index (κ1) is 78.6. The van der Waals surface area contributed by atoms with Crippen LogP contribution >= 0.6 is 22.7 Å². The van der Waals surface area contributed by atoms with Gasteiger partial charge >= 0.3 is 19.1 Å². The van der Waals surface area contributed by atoms with Crippen LogP contribution in [0.4, 0.5) is 52.7 Å². The summed E-state index contributed by atoms with van der Waals surface area (Å²) >= 11 is 2.81. The van der Waals surface area contributed by atoms with E-state index < -0.39 is 71.0 Å². The van der Waals surface area contributed by atoms with Gasteiger partial charge in [0.25, 0.3) is 0 Å². The molecule has 108 heavy (non-hydrogen) atoms. The average Bonchev–Trinajstić information content (AvgIpc) is 1.63. The van der Waals surface area contributed by atoms with Crippen molar-refractivity contribution >= 4 is 92.1 Å². The summed E-state index contributed by atoms with van der Waals surface area (Å²) in [6, 6.07) is 19.4. The van der Waals surface area contributed by atoms with Gasteiger partial charge in [0.1, 0.15) is 28.7 Å². The number of hydrogen-bond acceptors (Lipinski definition) is 18. The maximum absolute atomic E-state index is 14.1. The van der Waals surface area contributed by atoms with Crippen molar-refractivity contribution in [2.24, 2.45) is 0 Å². The van der Waals surface area contributed by atoms with Crippen LogP contribution in [0, 0.1) is 17.5 Å². The maximum Gasteiger partial charge on any atom is 0.573 e. The van der Waals surface area contributed by atoms with Crippen molar-refractivity contribution < 1.29 is 115 Å². The fourth-order valence-corrected chi connectivity index (χ4v) is 12.9. The molecule has 0 spiro atoms. The first-order valence-corrected chi connectivity index (χ1v) is 33.5. The molecule has 6 N–H and O–H groups in total. The molecule has 0 atom stereocenters. The van der Waals surface area contributed by atoms with Crippen LogP contribution in [0.25, 0.3) is 51.7 Å². The van der Waals surface area contributed by atoms with Crippen LogP contribution in [-0.2, 0) is 34.0 Å². The molecule has 19 nitrogen and oxygen atoms in total. The van der Waals surface area contributed by atoms with Crippen molar-refractivity contribution in [1.82, 2.24) is 30.9 Å². The highest BCUT2D eigenvalue weighted by Gasteiger charge is 2.37. The summed E-state index contributed by atoms with van der Waals surface area (Å²) in [4.78, 5) is 50.8. The zero-order valence-corrected chi connectivity index (χ0v) is 58.8. The minimum absolute atomic E-state index is 0.0280. The van der Waals surface area contributed by atoms with Gasteiger partial charge in [0, 0.05) is 22.7 Å². The Morgan fingerprint density at radius 3 is 1.15 bits per heavy atom. The molecule has 12 rings (SSSR count). The third kappa shape index (κ3) is 19.5. The maximum atomic E-state index is 14.1. The van der Waals surface area contributed by atoms with Crippen LogP contribution in [0.15, 0.2) is 148 Å². The molecule has 0 fully saturated rings. The molecule has 0 unspecified atom stereocenters. The van der Waals surface area contributed by atoms with E-state index in [0.717, 1.165) is 28.1 Å². The van der Waals surface area contributed by atoms with Gasteiger partial charge in [0.15, 0.2) is 34.5 Å². The van der Waals surface area contributed by atoms with Crippen molar-refractivity contribution in [1.29, 1.82) is 0 Å². The van der Waals surface area contributed by atoms with Crippen LogP contribution in [0.1, 0.15) is 106 Å². The van der Waals surface area contributed by atoms with E-state index in [-0.39, 0.29) is 84.0 Å². The molecular formula is C75H60F12N6O13S2. The van der Waals surface area contributed by atoms with Gasteiger partial charge in [-0.05, 0) is 212 Å². The monoisotopic (exact) mass is 1540 g/mol. The summed E-state index contributed by atoms with van der Waals surface area (Å²) in [7, 11) is 3.59. The normalized spacial score (nSPS) is 14.2. The van der Waals surface area contributed by atoms with Crippen molar-refractivity contribution in [2.75, 3.05) is 21.3 Å². The number of ether oxygens (including phenoxy) is 6. The Balaban J connectivity index is 0.000000173. The Kier molecular flexibility index (Phi) is 24.2. The average molecular weight is 1550 g/mol. The molecule has 3 heterocycles. The van der Waals surface area contributed by atoms with E-state index in [9.17, 15) is 82.4 Å². The molecule has 3 amide bonds. The van der Waals surface area contributed by atoms with Gasteiger partial charge < -0.3 is 64.1 Å². The Labute approximate surface area is 614 Å². The number of alkyl halides is 9. The van der Waals surface area contributed by atoms with E-state index in [2.05, 4.69) is 45.1 Å². The summed E-state index contributed by atoms with van der Waals surface area (Å²) in [5.74, 6) is -7.62. The molecule has 9 aromatic rings. The number of phenolic OH excluding ortho intramolecular Hbond substituents is 3. The standard InChI is InChI=1S/C25H20F4N2O5.2C25H20F4N2O4S/c1-13-17(7-14-8-20(34-2)24(33)21(9-14)36-25(27,28)29)16-4-3-15(26)10-19(16)18(13)11-22(32)31-12-23-30-5-6-35-23;1-13-18(5-14-6-21(34-2)24(33)22(7-14)35-25(27,28)29)17-4-3-15(26)8-20(17)19(13)9-23(32)31-11-16-10-30-12-36-16;1-13-17(7-14-8-20(34-2)24(33)21(9-14)35-25(27,28)29)16-4-3-15(26)10-19(16)18(13)11-22(32)31-12-23-30-5-6-36-23/h3-10,33H,11-12H2,1-2H3,(H,31,32);3-8,10,12,33H,9,11H2,1-2H3,(H,31,32);3-10,33H,11-12H2,1-2H3,(H,31,32)/b17-7-;18-5-;17-7-. The number of carbonyl (C=O) groups excluding carboxylic acids is 3. The second kappa shape index (κ2) is 33.2. The number of thiazole rings is 2. The first-order valence-electron chi connectivity index (χ1n) is 31.8. The largest absolute Gasteiger partial charge is 0.573 e. The van der Waals surface area contributed by atoms with Crippen LogP contribution in [-0.4, -0.2) is 88.4 Å².